The van der Waals surface area contributed by atoms with E-state index in [2.05, 4.69) is 131 Å². The molecule has 2 saturated heterocycles. The minimum Gasteiger partial charge on any atom is -0.304 e. The van der Waals surface area contributed by atoms with Gasteiger partial charge >= 0.3 is 0 Å². The molecule has 4 aromatic rings. The van der Waals surface area contributed by atoms with Crippen molar-refractivity contribution in [3.05, 3.63) is 107 Å². The van der Waals surface area contributed by atoms with Crippen molar-refractivity contribution in [3.8, 4) is 0 Å². The Hall–Kier alpha value is -1.88. The highest BCUT2D eigenvalue weighted by Crippen LogP contribution is 2.45. The lowest BCUT2D eigenvalue weighted by Crippen LogP contribution is -2.46. The highest BCUT2D eigenvalue weighted by atomic mass is 32.2. The molecule has 2 fully saturated rings. The third-order valence-electron chi connectivity index (χ3n) is 10.3. The lowest BCUT2D eigenvalue weighted by atomic mass is 9.96. The first-order valence-corrected chi connectivity index (χ1v) is 21.3. The van der Waals surface area contributed by atoms with Crippen molar-refractivity contribution in [1.82, 2.24) is 19.6 Å². The van der Waals surface area contributed by atoms with Crippen molar-refractivity contribution in [2.24, 2.45) is 0 Å². The quantitative estimate of drug-likeness (QED) is 0.192. The van der Waals surface area contributed by atoms with Gasteiger partial charge in [-0.1, -0.05) is 59.9 Å². The molecule has 0 aromatic heterocycles. The summed E-state index contributed by atoms with van der Waals surface area (Å²) in [7, 11) is 4.46. The summed E-state index contributed by atoms with van der Waals surface area (Å²) in [6.07, 6.45) is 6.59. The van der Waals surface area contributed by atoms with Gasteiger partial charge in [0.25, 0.3) is 0 Å². The smallest absolute Gasteiger partial charge is 0.0401 e. The van der Waals surface area contributed by atoms with Gasteiger partial charge < -0.3 is 9.80 Å². The predicted octanol–water partition coefficient (Wildman–Crippen LogP) is 8.81. The van der Waals surface area contributed by atoms with Crippen LogP contribution in [-0.2, 0) is 12.8 Å². The van der Waals surface area contributed by atoms with Gasteiger partial charge in [-0.05, 0) is 110 Å². The van der Waals surface area contributed by atoms with Crippen LogP contribution in [0.4, 0.5) is 0 Å². The molecule has 252 valence electrons. The molecule has 8 heteroatoms. The molecule has 0 aliphatic carbocycles. The molecule has 0 spiro atoms. The summed E-state index contributed by atoms with van der Waals surface area (Å²) in [4.78, 5) is 18.7. The van der Waals surface area contributed by atoms with E-state index in [0.29, 0.717) is 12.1 Å². The summed E-state index contributed by atoms with van der Waals surface area (Å²) in [6, 6.07) is 32.9. The topological polar surface area (TPSA) is 13.0 Å². The largest absolute Gasteiger partial charge is 0.304 e. The van der Waals surface area contributed by atoms with Gasteiger partial charge in [-0.25, -0.2) is 0 Å². The molecule has 0 saturated carbocycles. The van der Waals surface area contributed by atoms with E-state index in [9.17, 15) is 0 Å². The van der Waals surface area contributed by atoms with Crippen LogP contribution in [0.1, 0.15) is 34.3 Å². The van der Waals surface area contributed by atoms with Crippen molar-refractivity contribution >= 4 is 47.0 Å². The van der Waals surface area contributed by atoms with Crippen LogP contribution in [0.3, 0.4) is 0 Å². The van der Waals surface area contributed by atoms with E-state index in [-0.39, 0.29) is 0 Å². The fraction of sp³-hybridized carbons (Fsp3) is 0.400. The molecule has 4 aromatic carbocycles. The Morgan fingerprint density at radius 3 is 1.29 bits per heavy atom. The summed E-state index contributed by atoms with van der Waals surface area (Å²) in [6.45, 7) is 9.33. The van der Waals surface area contributed by atoms with Crippen molar-refractivity contribution in [2.75, 3.05) is 79.0 Å². The zero-order valence-corrected chi connectivity index (χ0v) is 32.0. The Bertz CT molecular complexity index is 1570. The van der Waals surface area contributed by atoms with Crippen LogP contribution < -0.4 is 0 Å². The fourth-order valence-electron chi connectivity index (χ4n) is 7.35. The second-order valence-corrected chi connectivity index (χ2v) is 17.3. The third-order valence-corrected chi connectivity index (χ3v) is 14.2. The Balaban J connectivity index is 0.000000152. The fourth-order valence-corrected chi connectivity index (χ4v) is 10.5. The molecule has 2 unspecified atom stereocenters. The SMILES string of the molecule is CSc1ccc2c(c1)C(N1CCN(C)CC1)Cc1ccccc1S2.CSc1ccc2c(c1)C(N1CCN(C)CC1)Cc1ccccc1S2. The monoisotopic (exact) mass is 712 g/mol. The average molecular weight is 713 g/mol. The first-order chi connectivity index (χ1) is 23.5. The van der Waals surface area contributed by atoms with Crippen LogP contribution >= 0.6 is 47.0 Å². The van der Waals surface area contributed by atoms with Gasteiger partial charge in [0.1, 0.15) is 0 Å². The summed E-state index contributed by atoms with van der Waals surface area (Å²) in [5.41, 5.74) is 6.03. The molecule has 0 amide bonds. The standard InChI is InChI=1S/2C20H24N2S2/c2*1-21-9-11-22(12-10-21)18-13-15-5-3-4-6-19(15)24-20-8-7-16(23-2)14-17(18)20/h2*3-8,14,18H,9-13H2,1-2H3. The lowest BCUT2D eigenvalue weighted by molar-refractivity contribution is 0.109. The van der Waals surface area contributed by atoms with E-state index in [0.717, 1.165) is 39.0 Å². The van der Waals surface area contributed by atoms with Crippen molar-refractivity contribution in [2.45, 2.75) is 54.3 Å². The summed E-state index contributed by atoms with van der Waals surface area (Å²) in [5.74, 6) is 0. The van der Waals surface area contributed by atoms with Crippen LogP contribution in [0.25, 0.3) is 0 Å². The molecule has 2 atom stereocenters. The maximum atomic E-state index is 2.70. The Morgan fingerprint density at radius 2 is 0.896 bits per heavy atom. The maximum Gasteiger partial charge on any atom is 0.0401 e. The van der Waals surface area contributed by atoms with Gasteiger partial charge in [0.15, 0.2) is 0 Å². The van der Waals surface area contributed by atoms with Gasteiger partial charge in [-0.2, -0.15) is 0 Å². The van der Waals surface area contributed by atoms with Gasteiger partial charge in [0.2, 0.25) is 0 Å². The summed E-state index contributed by atoms with van der Waals surface area (Å²) in [5, 5.41) is 0. The van der Waals surface area contributed by atoms with Crippen molar-refractivity contribution < 1.29 is 0 Å². The molecule has 48 heavy (non-hydrogen) atoms. The number of hydrogen-bond donors (Lipinski definition) is 0. The lowest BCUT2D eigenvalue weighted by Gasteiger charge is -2.38. The van der Waals surface area contributed by atoms with E-state index in [1.807, 2.05) is 47.0 Å². The van der Waals surface area contributed by atoms with Gasteiger partial charge in [0.05, 0.1) is 0 Å². The number of likely N-dealkylation sites (N-methyl/N-ethyl adjacent to an activating group) is 2. The van der Waals surface area contributed by atoms with E-state index >= 15 is 0 Å². The van der Waals surface area contributed by atoms with E-state index in [4.69, 9.17) is 0 Å². The highest BCUT2D eigenvalue weighted by molar-refractivity contribution is 8.00. The zero-order valence-electron chi connectivity index (χ0n) is 28.7. The third kappa shape index (κ3) is 7.87. The van der Waals surface area contributed by atoms with Gasteiger partial charge in [0, 0.05) is 93.8 Å². The zero-order chi connectivity index (χ0) is 33.0. The number of fused-ring (bicyclic) bond motifs is 4. The minimum absolute atomic E-state index is 0.497. The minimum atomic E-state index is 0.497. The predicted molar refractivity (Wildman–Crippen MR) is 209 cm³/mol. The van der Waals surface area contributed by atoms with E-state index in [1.54, 1.807) is 0 Å². The second-order valence-electron chi connectivity index (χ2n) is 13.3. The normalized spacial score (nSPS) is 21.8. The molecular weight excluding hydrogens is 665 g/mol. The Labute approximate surface area is 305 Å². The molecule has 0 radical (unpaired) electrons. The molecule has 0 bridgehead atoms. The maximum absolute atomic E-state index is 2.70. The molecule has 0 N–H and O–H groups in total. The van der Waals surface area contributed by atoms with Crippen LogP contribution in [0.2, 0.25) is 0 Å². The van der Waals surface area contributed by atoms with Crippen molar-refractivity contribution in [3.63, 3.8) is 0 Å². The molecular formula is C40H48N4S4. The first kappa shape index (κ1) is 34.6. The molecule has 4 heterocycles. The van der Waals surface area contributed by atoms with Crippen LogP contribution in [0.15, 0.2) is 114 Å². The van der Waals surface area contributed by atoms with E-state index < -0.39 is 0 Å². The number of hydrogen-bond acceptors (Lipinski definition) is 8. The molecule has 8 rings (SSSR count). The van der Waals surface area contributed by atoms with Crippen LogP contribution in [0.5, 0.6) is 0 Å². The summed E-state index contributed by atoms with van der Waals surface area (Å²) < 4.78 is 0. The van der Waals surface area contributed by atoms with Gasteiger partial charge in [-0.3, -0.25) is 9.80 Å². The highest BCUT2D eigenvalue weighted by Gasteiger charge is 2.31. The van der Waals surface area contributed by atoms with Crippen LogP contribution in [0, 0.1) is 0 Å². The first-order valence-electron chi connectivity index (χ1n) is 17.2. The van der Waals surface area contributed by atoms with Gasteiger partial charge in [-0.15, -0.1) is 23.5 Å². The number of nitrogens with zero attached hydrogens (tertiary/aromatic N) is 4. The summed E-state index contributed by atoms with van der Waals surface area (Å²) >= 11 is 7.58. The second kappa shape index (κ2) is 16.0. The Morgan fingerprint density at radius 1 is 0.500 bits per heavy atom. The molecule has 4 aliphatic heterocycles. The van der Waals surface area contributed by atoms with Crippen LogP contribution in [-0.4, -0.2) is 98.6 Å². The number of rotatable bonds is 4. The number of piperazine rings is 2. The average Bonchev–Trinajstić information content (AvgIpc) is 3.40. The number of thioether (sulfide) groups is 2. The van der Waals surface area contributed by atoms with E-state index in [1.165, 1.54) is 77.8 Å². The molecule has 4 nitrogen and oxygen atoms in total. The van der Waals surface area contributed by atoms with Crippen molar-refractivity contribution in [1.29, 1.82) is 0 Å². The number of benzene rings is 4. The Kier molecular flexibility index (Phi) is 11.5. The molecule has 4 aliphatic rings.